The van der Waals surface area contributed by atoms with Gasteiger partial charge in [0.25, 0.3) is 0 Å². The smallest absolute Gasteiger partial charge is 0.333 e. The summed E-state index contributed by atoms with van der Waals surface area (Å²) in [5.74, 6) is -3.96. The van der Waals surface area contributed by atoms with E-state index >= 15 is 0 Å². The summed E-state index contributed by atoms with van der Waals surface area (Å²) in [5, 5.41) is 10.0. The predicted octanol–water partition coefficient (Wildman–Crippen LogP) is 8.89. The molecule has 20 heteroatoms. The number of aromatic nitrogens is 1. The molecule has 2 fully saturated rings. The number of esters is 6. The molecule has 1 heterocycles. The van der Waals surface area contributed by atoms with Gasteiger partial charge in [0.1, 0.15) is 34.4 Å². The first-order chi connectivity index (χ1) is 37.3. The summed E-state index contributed by atoms with van der Waals surface area (Å²) in [6.45, 7) is 8.74. The summed E-state index contributed by atoms with van der Waals surface area (Å²) in [5.41, 5.74) is 2.49. The third-order valence-electron chi connectivity index (χ3n) is 12.6. The second-order valence-electron chi connectivity index (χ2n) is 17.6. The highest BCUT2D eigenvalue weighted by Crippen LogP contribution is 2.40. The Morgan fingerprint density at radius 2 is 1.10 bits per heavy atom. The van der Waals surface area contributed by atoms with Gasteiger partial charge in [0.15, 0.2) is 29.8 Å². The Bertz CT molecular complexity index is 3020. The summed E-state index contributed by atoms with van der Waals surface area (Å²) >= 11 is 1.38. The zero-order valence-corrected chi connectivity index (χ0v) is 42.6. The molecule has 2 saturated carbocycles. The molecule has 0 unspecified atom stereocenters. The Hall–Kier alpha value is -8.67. The summed E-state index contributed by atoms with van der Waals surface area (Å²) in [6.07, 6.45) is 6.63. The van der Waals surface area contributed by atoms with Crippen LogP contribution in [0.25, 0.3) is 20.8 Å². The number of hydrogen-bond acceptors (Lipinski definition) is 20. The molecule has 77 heavy (non-hydrogen) atoms. The molecule has 0 saturated heterocycles. The van der Waals surface area contributed by atoms with Crippen molar-refractivity contribution < 1.29 is 80.9 Å². The molecule has 2 aliphatic rings. The molecule has 400 valence electrons. The maximum atomic E-state index is 13.8. The number of nitriles is 1. The number of ketones is 1. The van der Waals surface area contributed by atoms with Gasteiger partial charge in [-0.3, -0.25) is 24.0 Å². The molecular formula is C57H54N2O17S. The monoisotopic (exact) mass is 1070 g/mol. The third kappa shape index (κ3) is 15.9. The Balaban J connectivity index is 0.919. The molecule has 7 rings (SSSR count). The number of carbonyl (C=O) groups is 7. The van der Waals surface area contributed by atoms with Crippen molar-refractivity contribution in [3.05, 3.63) is 128 Å². The van der Waals surface area contributed by atoms with Crippen LogP contribution in [0.4, 0.5) is 0 Å². The first-order valence-electron chi connectivity index (χ1n) is 24.5. The number of ether oxygens (including phenoxy) is 10. The van der Waals surface area contributed by atoms with E-state index in [2.05, 4.69) is 25.8 Å². The van der Waals surface area contributed by atoms with Crippen LogP contribution >= 0.6 is 11.3 Å². The van der Waals surface area contributed by atoms with Crippen LogP contribution < -0.4 is 28.4 Å². The number of thiazole rings is 1. The lowest BCUT2D eigenvalue weighted by Crippen LogP contribution is -2.30. The largest absolute Gasteiger partial charge is 0.465 e. The maximum absolute atomic E-state index is 13.8. The minimum absolute atomic E-state index is 0.0577. The number of rotatable bonds is 25. The van der Waals surface area contributed by atoms with Crippen LogP contribution in [0.1, 0.15) is 62.5 Å². The van der Waals surface area contributed by atoms with Gasteiger partial charge in [-0.25, -0.2) is 14.6 Å². The van der Waals surface area contributed by atoms with Crippen LogP contribution in [0.2, 0.25) is 0 Å². The van der Waals surface area contributed by atoms with Crippen LogP contribution in [0.3, 0.4) is 0 Å². The quantitative estimate of drug-likeness (QED) is 0.0132. The van der Waals surface area contributed by atoms with Gasteiger partial charge in [-0.1, -0.05) is 37.9 Å². The van der Waals surface area contributed by atoms with Crippen molar-refractivity contribution in [1.82, 2.24) is 4.98 Å². The first-order valence-corrected chi connectivity index (χ1v) is 25.3. The lowest BCUT2D eigenvalue weighted by atomic mass is 9.82. The first kappa shape index (κ1) is 56.1. The SMILES string of the molecule is C=CC(=O)COCOc1ccc(OC(=O)C2CCC(C(=O)Oc3ccc(CCOC(=O)C4CCC(C(=O)Oc5ccc(OCOC(=O)C=C)cc5)CC4)c4sc(-c5ccc(C#N)cc5)nc34)CC2)cc1OCOC(=O)C=C. The molecule has 0 bridgehead atoms. The molecule has 2 aliphatic carbocycles. The number of benzene rings is 4. The summed E-state index contributed by atoms with van der Waals surface area (Å²) < 4.78 is 55.2. The van der Waals surface area contributed by atoms with E-state index in [1.54, 1.807) is 54.6 Å². The standard InChI is InChI=1S/C57H54N2O17S/c1-4-42(60)31-67-32-70-46-26-24-45(29-48(46)71-34-73-50(62)6-3)75-56(65)40-15-17-41(18-16-40)57(66)76-47-25-19-36(52-51(47)59-53(77-52)37-9-7-35(30-58)8-10-37)27-28-68-54(63)38-11-13-39(14-12-38)55(64)74-44-22-20-43(21-23-44)69-33-72-49(61)5-2/h4-10,19-26,29,38-41H,1-3,11-18,27-28,31-34H2. The van der Waals surface area contributed by atoms with E-state index in [0.717, 1.165) is 34.1 Å². The topological polar surface area (TPSA) is 248 Å². The lowest BCUT2D eigenvalue weighted by molar-refractivity contribution is -0.152. The zero-order valence-electron chi connectivity index (χ0n) is 41.8. The number of nitrogens with zero attached hydrogens (tertiary/aromatic N) is 2. The Kier molecular flexibility index (Phi) is 20.2. The normalized spacial score (nSPS) is 16.8. The van der Waals surface area contributed by atoms with E-state index in [1.165, 1.54) is 29.5 Å². The fraction of sp³-hybridized carbons (Fsp3) is 0.316. The van der Waals surface area contributed by atoms with Crippen molar-refractivity contribution in [1.29, 1.82) is 5.26 Å². The highest BCUT2D eigenvalue weighted by molar-refractivity contribution is 7.21. The van der Waals surface area contributed by atoms with Crippen molar-refractivity contribution in [3.63, 3.8) is 0 Å². The van der Waals surface area contributed by atoms with Crippen LogP contribution in [-0.4, -0.2) is 80.2 Å². The van der Waals surface area contributed by atoms with Gasteiger partial charge in [-0.05, 0) is 118 Å². The van der Waals surface area contributed by atoms with Gasteiger partial charge in [0, 0.05) is 30.2 Å². The Labute approximate surface area is 446 Å². The van der Waals surface area contributed by atoms with Gasteiger partial charge in [0.05, 0.1) is 46.6 Å². The maximum Gasteiger partial charge on any atom is 0.333 e. The van der Waals surface area contributed by atoms with Crippen molar-refractivity contribution in [2.45, 2.75) is 57.8 Å². The highest BCUT2D eigenvalue weighted by Gasteiger charge is 2.34. The van der Waals surface area contributed by atoms with Crippen molar-refractivity contribution in [2.24, 2.45) is 23.7 Å². The predicted molar refractivity (Wildman–Crippen MR) is 275 cm³/mol. The average Bonchev–Trinajstić information content (AvgIpc) is 3.95. The summed E-state index contributed by atoms with van der Waals surface area (Å²) in [4.78, 5) is 92.6. The molecule has 0 N–H and O–H groups in total. The van der Waals surface area contributed by atoms with Gasteiger partial charge in [-0.2, -0.15) is 5.26 Å². The van der Waals surface area contributed by atoms with Gasteiger partial charge in [0.2, 0.25) is 13.6 Å². The fourth-order valence-electron chi connectivity index (χ4n) is 8.34. The lowest BCUT2D eigenvalue weighted by Gasteiger charge is -2.26. The van der Waals surface area contributed by atoms with Crippen molar-refractivity contribution >= 4 is 63.2 Å². The molecule has 1 aromatic heterocycles. The minimum atomic E-state index is -0.726. The molecule has 0 atom stereocenters. The molecule has 0 radical (unpaired) electrons. The van der Waals surface area contributed by atoms with E-state index in [4.69, 9.17) is 52.4 Å². The molecule has 5 aromatic rings. The molecule has 4 aromatic carbocycles. The Morgan fingerprint density at radius 3 is 1.70 bits per heavy atom. The summed E-state index contributed by atoms with van der Waals surface area (Å²) in [7, 11) is 0. The van der Waals surface area contributed by atoms with Gasteiger partial charge >= 0.3 is 35.8 Å². The minimum Gasteiger partial charge on any atom is -0.465 e. The highest BCUT2D eigenvalue weighted by atomic mass is 32.1. The van der Waals surface area contributed by atoms with E-state index in [-0.39, 0.29) is 73.4 Å². The number of fused-ring (bicyclic) bond motifs is 1. The fourth-order valence-corrected chi connectivity index (χ4v) is 9.47. The third-order valence-corrected chi connectivity index (χ3v) is 13.8. The van der Waals surface area contributed by atoms with Crippen molar-refractivity contribution in [3.8, 4) is 51.1 Å². The summed E-state index contributed by atoms with van der Waals surface area (Å²) in [6, 6.07) is 23.2. The number of hydrogen-bond donors (Lipinski definition) is 0. The zero-order chi connectivity index (χ0) is 54.7. The van der Waals surface area contributed by atoms with Crippen LogP contribution in [0, 0.1) is 35.0 Å². The average molecular weight is 1070 g/mol. The second kappa shape index (κ2) is 27.7. The molecule has 19 nitrogen and oxygen atoms in total. The van der Waals surface area contributed by atoms with Crippen molar-refractivity contribution in [2.75, 3.05) is 33.6 Å². The van der Waals surface area contributed by atoms with E-state index in [1.807, 2.05) is 6.07 Å². The molecule has 0 aliphatic heterocycles. The molecule has 0 amide bonds. The van der Waals surface area contributed by atoms with Gasteiger partial charge < -0.3 is 47.4 Å². The second-order valence-corrected chi connectivity index (χ2v) is 18.6. The molecular weight excluding hydrogens is 1020 g/mol. The van der Waals surface area contributed by atoms with E-state index in [0.29, 0.717) is 85.4 Å². The van der Waals surface area contributed by atoms with E-state index in [9.17, 15) is 38.8 Å². The van der Waals surface area contributed by atoms with Crippen LogP contribution in [-0.2, 0) is 58.9 Å². The Morgan fingerprint density at radius 1 is 0.571 bits per heavy atom. The number of carbonyl (C=O) groups excluding carboxylic acids is 7. The van der Waals surface area contributed by atoms with E-state index < -0.39 is 48.5 Å². The van der Waals surface area contributed by atoms with Gasteiger partial charge in [-0.15, -0.1) is 11.3 Å². The van der Waals surface area contributed by atoms with Crippen LogP contribution in [0.5, 0.6) is 34.5 Å². The van der Waals surface area contributed by atoms with Crippen LogP contribution in [0.15, 0.2) is 117 Å². The molecule has 0 spiro atoms.